The van der Waals surface area contributed by atoms with Crippen molar-refractivity contribution in [3.8, 4) is 0 Å². The Bertz CT molecular complexity index is 415. The number of quaternary nitrogens is 1. The van der Waals surface area contributed by atoms with Crippen LogP contribution in [0.25, 0.3) is 0 Å². The molecule has 38 heavy (non-hydrogen) atoms. The van der Waals surface area contributed by atoms with E-state index < -0.39 is 0 Å². The Balaban J connectivity index is 3.27. The van der Waals surface area contributed by atoms with Gasteiger partial charge in [0.05, 0.1) is 27.2 Å². The van der Waals surface area contributed by atoms with Gasteiger partial charge in [0, 0.05) is 0 Å². The quantitative estimate of drug-likeness (QED) is 0.0577. The molecule has 0 aromatic carbocycles. The summed E-state index contributed by atoms with van der Waals surface area (Å²) in [5.74, 6) is 0. The van der Waals surface area contributed by atoms with Gasteiger partial charge in [-0.15, -0.1) is 0 Å². The molecule has 1 heteroatoms. The largest absolute Gasteiger partial charge is 0.328 e. The van der Waals surface area contributed by atoms with Crippen molar-refractivity contribution in [2.24, 2.45) is 0 Å². The van der Waals surface area contributed by atoms with Crippen LogP contribution in [0, 0.1) is 0 Å². The van der Waals surface area contributed by atoms with E-state index in [-0.39, 0.29) is 0 Å². The molecule has 0 N–H and O–H groups in total. The monoisotopic (exact) mass is 537 g/mol. The molecule has 0 aromatic heterocycles. The molecular weight excluding hydrogens is 458 g/mol. The molecule has 0 saturated carbocycles. The van der Waals surface area contributed by atoms with Gasteiger partial charge in [-0.3, -0.25) is 0 Å². The average molecular weight is 537 g/mol. The van der Waals surface area contributed by atoms with Crippen molar-refractivity contribution in [1.82, 2.24) is 0 Å². The maximum absolute atomic E-state index is 2.47. The van der Waals surface area contributed by atoms with Gasteiger partial charge in [0.15, 0.2) is 0 Å². The van der Waals surface area contributed by atoms with Crippen molar-refractivity contribution in [3.05, 3.63) is 0 Å². The van der Waals surface area contributed by atoms with E-state index in [4.69, 9.17) is 0 Å². The Hall–Kier alpha value is -0.0400. The number of hydrogen-bond acceptors (Lipinski definition) is 0. The highest BCUT2D eigenvalue weighted by atomic mass is 15.3. The number of hydrogen-bond donors (Lipinski definition) is 0. The fraction of sp³-hybridized carbons (Fsp3) is 1.00. The Labute approximate surface area is 244 Å². The lowest BCUT2D eigenvalue weighted by molar-refractivity contribution is -0.890. The minimum Gasteiger partial charge on any atom is -0.328 e. The summed E-state index contributed by atoms with van der Waals surface area (Å²) < 4.78 is 1.25. The lowest BCUT2D eigenvalue weighted by Gasteiger charge is -2.30. The number of rotatable bonds is 33. The molecule has 230 valence electrons. The van der Waals surface area contributed by atoms with E-state index >= 15 is 0 Å². The second kappa shape index (κ2) is 31.5. The summed E-state index contributed by atoms with van der Waals surface area (Å²) in [6.45, 7) is 7.39. The van der Waals surface area contributed by atoms with Crippen molar-refractivity contribution in [2.45, 2.75) is 213 Å². The second-order valence-electron chi connectivity index (χ2n) is 13.6. The van der Waals surface area contributed by atoms with Gasteiger partial charge in [0.2, 0.25) is 0 Å². The fourth-order valence-electron chi connectivity index (χ4n) is 6.11. The fourth-order valence-corrected chi connectivity index (χ4v) is 6.11. The zero-order valence-corrected chi connectivity index (χ0v) is 27.8. The van der Waals surface area contributed by atoms with Crippen LogP contribution < -0.4 is 0 Å². The highest BCUT2D eigenvalue weighted by molar-refractivity contribution is 4.52. The first-order valence-electron chi connectivity index (χ1n) is 18.4. The first-order chi connectivity index (χ1) is 18.6. The summed E-state index contributed by atoms with van der Waals surface area (Å²) in [6.07, 6.45) is 45.4. The molecule has 1 nitrogen and oxygen atoms in total. The van der Waals surface area contributed by atoms with Gasteiger partial charge in [-0.25, -0.2) is 0 Å². The Kier molecular flexibility index (Phi) is 31.5. The van der Waals surface area contributed by atoms with Crippen LogP contribution in [0.15, 0.2) is 0 Å². The van der Waals surface area contributed by atoms with Gasteiger partial charge in [0.1, 0.15) is 0 Å². The van der Waals surface area contributed by atoms with E-state index in [1.165, 1.54) is 217 Å². The highest BCUT2D eigenvalue weighted by Gasteiger charge is 2.13. The maximum Gasteiger partial charge on any atom is 0.0782 e. The van der Waals surface area contributed by atoms with Gasteiger partial charge in [-0.2, -0.15) is 0 Å². The van der Waals surface area contributed by atoms with Gasteiger partial charge in [-0.05, 0) is 25.7 Å². The van der Waals surface area contributed by atoms with Crippen LogP contribution in [0.1, 0.15) is 213 Å². The van der Waals surface area contributed by atoms with E-state index in [0.717, 1.165) is 0 Å². The molecular formula is C37H78N+. The van der Waals surface area contributed by atoms with Crippen LogP contribution >= 0.6 is 0 Å². The van der Waals surface area contributed by atoms with Crippen LogP contribution in [-0.2, 0) is 0 Å². The summed E-state index contributed by atoms with van der Waals surface area (Å²) in [5, 5.41) is 0. The summed E-state index contributed by atoms with van der Waals surface area (Å²) in [5.41, 5.74) is 0. The van der Waals surface area contributed by atoms with E-state index in [9.17, 15) is 0 Å². The number of nitrogens with zero attached hydrogens (tertiary/aromatic N) is 1. The summed E-state index contributed by atoms with van der Waals surface area (Å²) in [6, 6.07) is 0. The summed E-state index contributed by atoms with van der Waals surface area (Å²) in [4.78, 5) is 0. The van der Waals surface area contributed by atoms with Gasteiger partial charge >= 0.3 is 0 Å². The van der Waals surface area contributed by atoms with Crippen LogP contribution in [0.4, 0.5) is 0 Å². The smallest absolute Gasteiger partial charge is 0.0782 e. The molecule has 0 bridgehead atoms. The molecule has 0 amide bonds. The summed E-state index contributed by atoms with van der Waals surface area (Å²) in [7, 11) is 4.93. The molecule has 0 aliphatic heterocycles. The second-order valence-corrected chi connectivity index (χ2v) is 13.6. The van der Waals surface area contributed by atoms with Gasteiger partial charge in [-0.1, -0.05) is 187 Å². The van der Waals surface area contributed by atoms with Gasteiger partial charge < -0.3 is 4.48 Å². The minimum atomic E-state index is 1.25. The molecule has 0 heterocycles. The first-order valence-corrected chi connectivity index (χ1v) is 18.4. The Morgan fingerprint density at radius 2 is 0.395 bits per heavy atom. The van der Waals surface area contributed by atoms with Crippen LogP contribution in [-0.4, -0.2) is 31.7 Å². The van der Waals surface area contributed by atoms with Crippen molar-refractivity contribution >= 4 is 0 Å². The van der Waals surface area contributed by atoms with Crippen molar-refractivity contribution in [1.29, 1.82) is 0 Å². The predicted octanol–water partition coefficient (Wildman–Crippen LogP) is 13.2. The maximum atomic E-state index is 2.47. The molecule has 0 aliphatic rings. The highest BCUT2D eigenvalue weighted by Crippen LogP contribution is 2.16. The third kappa shape index (κ3) is 32.2. The van der Waals surface area contributed by atoms with E-state index in [1.54, 1.807) is 0 Å². The molecule has 0 radical (unpaired) electrons. The molecule has 0 aromatic rings. The first kappa shape index (κ1) is 38.0. The van der Waals surface area contributed by atoms with E-state index in [2.05, 4.69) is 27.9 Å². The van der Waals surface area contributed by atoms with Gasteiger partial charge in [0.25, 0.3) is 0 Å². The summed E-state index contributed by atoms with van der Waals surface area (Å²) >= 11 is 0. The third-order valence-corrected chi connectivity index (χ3v) is 8.98. The topological polar surface area (TPSA) is 0 Å². The Morgan fingerprint density at radius 1 is 0.237 bits per heavy atom. The lowest BCUT2D eigenvalue weighted by Crippen LogP contribution is -2.41. The van der Waals surface area contributed by atoms with Crippen molar-refractivity contribution < 1.29 is 4.48 Å². The average Bonchev–Trinajstić information content (AvgIpc) is 2.90. The van der Waals surface area contributed by atoms with Crippen LogP contribution in [0.5, 0.6) is 0 Å². The zero-order valence-electron chi connectivity index (χ0n) is 27.8. The Morgan fingerprint density at radius 3 is 0.579 bits per heavy atom. The number of unbranched alkanes of at least 4 members (excludes halogenated alkanes) is 29. The minimum absolute atomic E-state index is 1.25. The molecule has 0 rings (SSSR count). The van der Waals surface area contributed by atoms with Crippen LogP contribution in [0.2, 0.25) is 0 Å². The molecule has 0 spiro atoms. The molecule has 0 unspecified atom stereocenters. The van der Waals surface area contributed by atoms with Crippen LogP contribution in [0.3, 0.4) is 0 Å². The molecule has 0 aliphatic carbocycles. The zero-order chi connectivity index (χ0) is 27.8. The molecule has 0 fully saturated rings. The molecule has 0 saturated heterocycles. The van der Waals surface area contributed by atoms with E-state index in [0.29, 0.717) is 0 Å². The van der Waals surface area contributed by atoms with E-state index in [1.807, 2.05) is 0 Å². The SMILES string of the molecule is CCCCCCCCCCCCCCCCCC[N+](C)(C)CCCCCCCCCCCCCCCCC. The third-order valence-electron chi connectivity index (χ3n) is 8.98. The predicted molar refractivity (Wildman–Crippen MR) is 176 cm³/mol. The standard InChI is InChI=1S/C37H78N/c1-5-7-9-11-13-15-17-19-21-23-25-27-29-31-33-35-37-38(3,4)36-34-32-30-28-26-24-22-20-18-16-14-12-10-8-6-2/h5-37H2,1-4H3/q+1. The van der Waals surface area contributed by atoms with Crippen molar-refractivity contribution in [2.75, 3.05) is 27.2 Å². The normalized spacial score (nSPS) is 12.0. The van der Waals surface area contributed by atoms with Crippen molar-refractivity contribution in [3.63, 3.8) is 0 Å². The lowest BCUT2D eigenvalue weighted by atomic mass is 10.0. The molecule has 0 atom stereocenters.